The lowest BCUT2D eigenvalue weighted by Gasteiger charge is -2.25. The fourth-order valence-corrected chi connectivity index (χ4v) is 4.87. The Morgan fingerprint density at radius 3 is 2.66 bits per heavy atom. The topological polar surface area (TPSA) is 118 Å². The molecule has 0 aromatic carbocycles. The zero-order chi connectivity index (χ0) is 23.7. The second kappa shape index (κ2) is 9.16. The Balaban J connectivity index is 1.93. The first-order chi connectivity index (χ1) is 14.8. The van der Waals surface area contributed by atoms with Gasteiger partial charge in [-0.1, -0.05) is 0 Å². The number of anilines is 1. The summed E-state index contributed by atoms with van der Waals surface area (Å²) in [6.45, 7) is 9.33. The first-order valence-electron chi connectivity index (χ1n) is 10.6. The van der Waals surface area contributed by atoms with E-state index in [0.29, 0.717) is 41.1 Å². The van der Waals surface area contributed by atoms with Gasteiger partial charge in [0.1, 0.15) is 37.1 Å². The molecule has 174 valence electrons. The molecule has 0 spiro atoms. The number of likely N-dealkylation sites (N-methyl/N-ethyl adjacent to an activating group) is 1. The molecule has 0 fully saturated rings. The lowest BCUT2D eigenvalue weighted by molar-refractivity contribution is -0.121. The third kappa shape index (κ3) is 6.26. The highest BCUT2D eigenvalue weighted by Crippen LogP contribution is 2.35. The standard InChI is InChI=1S/C22H32N5O4P/c1-21(2,3)26-17(28)12-27(6)19-15-8-10-32(30)20(15)25-18(24-19)16-11-14(7-9-23-16)31-13-22(4,5)29/h7,9,11,29,32H,8,10,12-13H2,1-6H3,(H,26,28). The average Bonchev–Trinajstić information content (AvgIpc) is 3.05. The lowest BCUT2D eigenvalue weighted by atomic mass is 10.1. The van der Waals surface area contributed by atoms with Gasteiger partial charge in [0.25, 0.3) is 0 Å². The summed E-state index contributed by atoms with van der Waals surface area (Å²) in [5, 5.41) is 12.9. The molecule has 10 heteroatoms. The first kappa shape index (κ1) is 24.1. The summed E-state index contributed by atoms with van der Waals surface area (Å²) in [6, 6.07) is 3.38. The molecule has 1 atom stereocenters. The number of nitrogens with zero attached hydrogens (tertiary/aromatic N) is 4. The van der Waals surface area contributed by atoms with Gasteiger partial charge in [0.15, 0.2) is 5.82 Å². The van der Waals surface area contributed by atoms with E-state index in [1.54, 1.807) is 44.1 Å². The summed E-state index contributed by atoms with van der Waals surface area (Å²) < 4.78 is 18.3. The Labute approximate surface area is 189 Å². The molecule has 1 amide bonds. The van der Waals surface area contributed by atoms with Crippen molar-refractivity contribution in [3.63, 3.8) is 0 Å². The van der Waals surface area contributed by atoms with Crippen LogP contribution in [0.25, 0.3) is 11.5 Å². The Hall–Kier alpha value is -2.51. The van der Waals surface area contributed by atoms with E-state index in [0.717, 1.165) is 5.56 Å². The van der Waals surface area contributed by atoms with Crippen molar-refractivity contribution >= 4 is 25.0 Å². The maximum atomic E-state index is 12.6. The quantitative estimate of drug-likeness (QED) is 0.600. The molecule has 1 aliphatic rings. The highest BCUT2D eigenvalue weighted by atomic mass is 31.1. The Morgan fingerprint density at radius 1 is 1.28 bits per heavy atom. The second-order valence-electron chi connectivity index (χ2n) is 9.75. The van der Waals surface area contributed by atoms with E-state index >= 15 is 0 Å². The minimum absolute atomic E-state index is 0.114. The highest BCUT2D eigenvalue weighted by Gasteiger charge is 2.28. The SMILES string of the molecule is CN(CC(=O)NC(C)(C)C)c1nc(-c2cc(OCC(C)(C)O)ccn2)nc2c1CC[PH]2=O. The number of ether oxygens (including phenoxy) is 1. The number of fused-ring (bicyclic) bond motifs is 1. The summed E-state index contributed by atoms with van der Waals surface area (Å²) in [7, 11) is -0.222. The van der Waals surface area contributed by atoms with Gasteiger partial charge in [0.2, 0.25) is 5.91 Å². The van der Waals surface area contributed by atoms with Crippen molar-refractivity contribution in [2.45, 2.75) is 52.2 Å². The molecule has 9 nitrogen and oxygen atoms in total. The normalized spacial score (nSPS) is 15.9. The molecule has 0 aliphatic carbocycles. The van der Waals surface area contributed by atoms with E-state index in [-0.39, 0.29) is 24.6 Å². The van der Waals surface area contributed by atoms with Crippen LogP contribution in [0.15, 0.2) is 18.3 Å². The van der Waals surface area contributed by atoms with Crippen molar-refractivity contribution in [1.82, 2.24) is 20.3 Å². The third-order valence-electron chi connectivity index (χ3n) is 4.66. The predicted octanol–water partition coefficient (Wildman–Crippen LogP) is 1.78. The van der Waals surface area contributed by atoms with Crippen LogP contribution in [0.3, 0.4) is 0 Å². The van der Waals surface area contributed by atoms with Gasteiger partial charge in [-0.2, -0.15) is 0 Å². The molecular weight excluding hydrogens is 429 g/mol. The number of aromatic nitrogens is 3. The zero-order valence-electron chi connectivity index (χ0n) is 19.5. The molecule has 3 heterocycles. The maximum Gasteiger partial charge on any atom is 0.239 e. The Morgan fingerprint density at radius 2 is 2.00 bits per heavy atom. The molecule has 2 aromatic heterocycles. The van der Waals surface area contributed by atoms with Crippen molar-refractivity contribution in [1.29, 1.82) is 0 Å². The molecule has 2 aromatic rings. The number of hydrogen-bond donors (Lipinski definition) is 2. The van der Waals surface area contributed by atoms with Crippen molar-refractivity contribution in [2.24, 2.45) is 0 Å². The summed E-state index contributed by atoms with van der Waals surface area (Å²) in [6.07, 6.45) is 2.75. The zero-order valence-corrected chi connectivity index (χ0v) is 20.5. The molecule has 2 N–H and O–H groups in total. The van der Waals surface area contributed by atoms with Crippen LogP contribution >= 0.6 is 7.80 Å². The van der Waals surface area contributed by atoms with Crippen molar-refractivity contribution < 1.29 is 19.2 Å². The molecule has 0 bridgehead atoms. The Kier molecular flexibility index (Phi) is 6.91. The molecular formula is C22H32N5O4P. The molecule has 0 saturated heterocycles. The fourth-order valence-electron chi connectivity index (χ4n) is 3.35. The van der Waals surface area contributed by atoms with Crippen LogP contribution in [-0.4, -0.2) is 63.5 Å². The van der Waals surface area contributed by atoms with Crippen LogP contribution in [0.4, 0.5) is 5.82 Å². The summed E-state index contributed by atoms with van der Waals surface area (Å²) in [5.41, 5.74) is 0.545. The number of hydrogen-bond acceptors (Lipinski definition) is 8. The predicted molar refractivity (Wildman–Crippen MR) is 125 cm³/mol. The van der Waals surface area contributed by atoms with E-state index in [4.69, 9.17) is 9.72 Å². The van der Waals surface area contributed by atoms with Crippen LogP contribution in [0, 0.1) is 0 Å². The van der Waals surface area contributed by atoms with Gasteiger partial charge in [-0.05, 0) is 47.1 Å². The van der Waals surface area contributed by atoms with Crippen LogP contribution in [-0.2, 0) is 15.8 Å². The smallest absolute Gasteiger partial charge is 0.239 e. The minimum atomic E-state index is -2.01. The van der Waals surface area contributed by atoms with E-state index in [9.17, 15) is 14.5 Å². The first-order valence-corrected chi connectivity index (χ1v) is 12.2. The van der Waals surface area contributed by atoms with Crippen molar-refractivity contribution in [3.05, 3.63) is 23.9 Å². The fraction of sp³-hybridized carbons (Fsp3) is 0.545. The van der Waals surface area contributed by atoms with E-state index in [1.165, 1.54) is 0 Å². The Bertz CT molecular complexity index is 1030. The van der Waals surface area contributed by atoms with Crippen LogP contribution in [0.2, 0.25) is 0 Å². The van der Waals surface area contributed by atoms with Gasteiger partial charge in [-0.3, -0.25) is 9.78 Å². The third-order valence-corrected chi connectivity index (χ3v) is 6.31. The second-order valence-corrected chi connectivity index (χ2v) is 11.6. The molecule has 32 heavy (non-hydrogen) atoms. The number of amides is 1. The number of rotatable bonds is 7. The molecule has 0 radical (unpaired) electrons. The number of carbonyl (C=O) groups excluding carboxylic acids is 1. The van der Waals surface area contributed by atoms with Crippen molar-refractivity contribution in [2.75, 3.05) is 31.3 Å². The van der Waals surface area contributed by atoms with Crippen LogP contribution < -0.4 is 20.4 Å². The van der Waals surface area contributed by atoms with Gasteiger partial charge < -0.3 is 24.6 Å². The van der Waals surface area contributed by atoms with Crippen LogP contribution in [0.1, 0.15) is 40.2 Å². The number of pyridine rings is 1. The summed E-state index contributed by atoms with van der Waals surface area (Å²) >= 11 is 0. The monoisotopic (exact) mass is 461 g/mol. The van der Waals surface area contributed by atoms with E-state index < -0.39 is 13.4 Å². The lowest BCUT2D eigenvalue weighted by Crippen LogP contribution is -2.45. The van der Waals surface area contributed by atoms with Gasteiger partial charge in [-0.15, -0.1) is 0 Å². The summed E-state index contributed by atoms with van der Waals surface area (Å²) in [4.78, 5) is 27.8. The van der Waals surface area contributed by atoms with Gasteiger partial charge >= 0.3 is 0 Å². The van der Waals surface area contributed by atoms with E-state index in [1.807, 2.05) is 20.8 Å². The number of nitrogens with one attached hydrogen (secondary N) is 1. The van der Waals surface area contributed by atoms with Crippen molar-refractivity contribution in [3.8, 4) is 17.3 Å². The average molecular weight is 462 g/mol. The largest absolute Gasteiger partial charge is 0.490 e. The molecule has 0 saturated carbocycles. The highest BCUT2D eigenvalue weighted by molar-refractivity contribution is 7.53. The maximum absolute atomic E-state index is 12.6. The van der Waals surface area contributed by atoms with Crippen LogP contribution in [0.5, 0.6) is 5.75 Å². The van der Waals surface area contributed by atoms with Gasteiger partial charge in [0, 0.05) is 36.6 Å². The van der Waals surface area contributed by atoms with Gasteiger partial charge in [0.05, 0.1) is 12.1 Å². The minimum Gasteiger partial charge on any atom is -0.490 e. The molecule has 1 unspecified atom stereocenters. The number of carbonyl (C=O) groups is 1. The summed E-state index contributed by atoms with van der Waals surface area (Å²) in [5.74, 6) is 1.32. The molecule has 1 aliphatic heterocycles. The number of aliphatic hydroxyl groups is 1. The van der Waals surface area contributed by atoms with Gasteiger partial charge in [-0.25, -0.2) is 9.97 Å². The molecule has 3 rings (SSSR count). The van der Waals surface area contributed by atoms with E-state index in [2.05, 4.69) is 15.3 Å².